The number of aliphatic hydroxyl groups is 1. The Kier molecular flexibility index (Phi) is 2.89. The average molecular weight is 282 g/mol. The molecule has 3 heteroatoms. The van der Waals surface area contributed by atoms with Gasteiger partial charge in [0.25, 0.3) is 0 Å². The van der Waals surface area contributed by atoms with Gasteiger partial charge in [0.1, 0.15) is 17.6 Å². The third-order valence-electron chi connectivity index (χ3n) is 4.32. The summed E-state index contributed by atoms with van der Waals surface area (Å²) in [6.45, 7) is 2.79. The summed E-state index contributed by atoms with van der Waals surface area (Å²) in [5.41, 5.74) is 4.39. The molecule has 1 N–H and O–H groups in total. The van der Waals surface area contributed by atoms with E-state index >= 15 is 0 Å². The zero-order valence-electron chi connectivity index (χ0n) is 12.0. The smallest absolute Gasteiger partial charge is 0.127 e. The lowest BCUT2D eigenvalue weighted by Crippen LogP contribution is -2.19. The van der Waals surface area contributed by atoms with Crippen LogP contribution < -0.4 is 9.47 Å². The highest BCUT2D eigenvalue weighted by atomic mass is 16.5. The first-order valence-electron chi connectivity index (χ1n) is 7.41. The molecule has 2 aliphatic rings. The monoisotopic (exact) mass is 282 g/mol. The van der Waals surface area contributed by atoms with Gasteiger partial charge in [-0.05, 0) is 42.3 Å². The van der Waals surface area contributed by atoms with Gasteiger partial charge in [-0.25, -0.2) is 0 Å². The highest BCUT2D eigenvalue weighted by Gasteiger charge is 2.28. The number of benzene rings is 2. The van der Waals surface area contributed by atoms with Gasteiger partial charge in [-0.1, -0.05) is 17.7 Å². The summed E-state index contributed by atoms with van der Waals surface area (Å²) in [6, 6.07) is 12.2. The number of ether oxygens (including phenoxy) is 2. The molecule has 2 aromatic rings. The molecular formula is C18H18O3. The SMILES string of the molecule is Cc1ccc2c(c1)[C@@H](O)CC(c1ccc3c(c1)CCO3)O2. The van der Waals surface area contributed by atoms with Crippen molar-refractivity contribution >= 4 is 0 Å². The van der Waals surface area contributed by atoms with Gasteiger partial charge in [0.15, 0.2) is 0 Å². The summed E-state index contributed by atoms with van der Waals surface area (Å²) < 4.78 is 11.6. The van der Waals surface area contributed by atoms with E-state index < -0.39 is 6.10 Å². The molecule has 2 aromatic carbocycles. The van der Waals surface area contributed by atoms with Crippen molar-refractivity contribution in [3.05, 3.63) is 58.7 Å². The number of hydrogen-bond acceptors (Lipinski definition) is 3. The first-order chi connectivity index (χ1) is 10.2. The van der Waals surface area contributed by atoms with Crippen molar-refractivity contribution in [2.24, 2.45) is 0 Å². The van der Waals surface area contributed by atoms with E-state index in [9.17, 15) is 5.11 Å². The summed E-state index contributed by atoms with van der Waals surface area (Å²) in [6.07, 6.45) is 0.980. The zero-order chi connectivity index (χ0) is 14.4. The molecule has 0 aliphatic carbocycles. The molecule has 0 spiro atoms. The molecule has 21 heavy (non-hydrogen) atoms. The van der Waals surface area contributed by atoms with E-state index in [-0.39, 0.29) is 6.10 Å². The second kappa shape index (κ2) is 4.78. The van der Waals surface area contributed by atoms with Crippen LogP contribution in [0.15, 0.2) is 36.4 Å². The zero-order valence-corrected chi connectivity index (χ0v) is 12.0. The molecular weight excluding hydrogens is 264 g/mol. The van der Waals surface area contributed by atoms with Gasteiger partial charge in [-0.3, -0.25) is 0 Å². The van der Waals surface area contributed by atoms with E-state index in [1.54, 1.807) is 0 Å². The third kappa shape index (κ3) is 2.18. The third-order valence-corrected chi connectivity index (χ3v) is 4.32. The Labute approximate surface area is 124 Å². The van der Waals surface area contributed by atoms with Crippen LogP contribution in [0.4, 0.5) is 0 Å². The van der Waals surface area contributed by atoms with Crippen LogP contribution in [0.5, 0.6) is 11.5 Å². The lowest BCUT2D eigenvalue weighted by Gasteiger charge is -2.30. The van der Waals surface area contributed by atoms with Crippen molar-refractivity contribution in [2.45, 2.75) is 32.0 Å². The molecule has 0 amide bonds. The van der Waals surface area contributed by atoms with E-state index in [0.717, 1.165) is 41.2 Å². The van der Waals surface area contributed by atoms with Gasteiger partial charge in [0, 0.05) is 18.4 Å². The molecule has 108 valence electrons. The number of aliphatic hydroxyl groups excluding tert-OH is 1. The van der Waals surface area contributed by atoms with Crippen molar-refractivity contribution in [3.63, 3.8) is 0 Å². The standard InChI is InChI=1S/C18H18O3/c1-11-2-4-17-14(8-11)15(19)10-18(21-17)12-3-5-16-13(9-12)6-7-20-16/h2-5,8-9,15,18-19H,6-7,10H2,1H3/t15-,18?/m0/s1. The summed E-state index contributed by atoms with van der Waals surface area (Å²) in [4.78, 5) is 0. The first kappa shape index (κ1) is 12.7. The van der Waals surface area contributed by atoms with Gasteiger partial charge in [0.05, 0.1) is 12.7 Å². The van der Waals surface area contributed by atoms with Crippen molar-refractivity contribution in [2.75, 3.05) is 6.61 Å². The molecule has 2 heterocycles. The summed E-state index contributed by atoms with van der Waals surface area (Å²) in [5.74, 6) is 1.77. The normalized spacial score (nSPS) is 23.0. The van der Waals surface area contributed by atoms with Gasteiger partial charge in [-0.15, -0.1) is 0 Å². The lowest BCUT2D eigenvalue weighted by molar-refractivity contribution is 0.0656. The second-order valence-corrected chi connectivity index (χ2v) is 5.86. The predicted molar refractivity (Wildman–Crippen MR) is 79.8 cm³/mol. The van der Waals surface area contributed by atoms with Crippen LogP contribution in [0, 0.1) is 6.92 Å². The summed E-state index contributed by atoms with van der Waals surface area (Å²) in [7, 11) is 0. The van der Waals surface area contributed by atoms with Crippen molar-refractivity contribution < 1.29 is 14.6 Å². The van der Waals surface area contributed by atoms with Crippen molar-refractivity contribution in [3.8, 4) is 11.5 Å². The number of rotatable bonds is 1. The van der Waals surface area contributed by atoms with Gasteiger partial charge < -0.3 is 14.6 Å². The molecule has 0 aromatic heterocycles. The Bertz CT molecular complexity index is 693. The second-order valence-electron chi connectivity index (χ2n) is 5.86. The molecule has 2 aliphatic heterocycles. The lowest BCUT2D eigenvalue weighted by atomic mass is 9.93. The van der Waals surface area contributed by atoms with Gasteiger partial charge >= 0.3 is 0 Å². The molecule has 0 radical (unpaired) electrons. The van der Waals surface area contributed by atoms with Crippen LogP contribution in [0.1, 0.15) is 40.9 Å². The molecule has 1 unspecified atom stereocenters. The van der Waals surface area contributed by atoms with Crippen LogP contribution in [0.3, 0.4) is 0 Å². The topological polar surface area (TPSA) is 38.7 Å². The van der Waals surface area contributed by atoms with Crippen LogP contribution in [0.2, 0.25) is 0 Å². The molecule has 0 saturated carbocycles. The van der Waals surface area contributed by atoms with E-state index in [0.29, 0.717) is 6.42 Å². The average Bonchev–Trinajstić information content (AvgIpc) is 2.95. The molecule has 0 fully saturated rings. The van der Waals surface area contributed by atoms with Gasteiger partial charge in [-0.2, -0.15) is 0 Å². The highest BCUT2D eigenvalue weighted by Crippen LogP contribution is 2.42. The fourth-order valence-electron chi connectivity index (χ4n) is 3.18. The summed E-state index contributed by atoms with van der Waals surface area (Å²) >= 11 is 0. The number of hydrogen-bond donors (Lipinski definition) is 1. The van der Waals surface area contributed by atoms with Crippen LogP contribution >= 0.6 is 0 Å². The van der Waals surface area contributed by atoms with Crippen LogP contribution in [-0.2, 0) is 6.42 Å². The molecule has 0 bridgehead atoms. The minimum absolute atomic E-state index is 0.0962. The quantitative estimate of drug-likeness (QED) is 0.870. The van der Waals surface area contributed by atoms with E-state index in [1.165, 1.54) is 5.56 Å². The Morgan fingerprint density at radius 2 is 1.95 bits per heavy atom. The molecule has 2 atom stereocenters. The van der Waals surface area contributed by atoms with Gasteiger partial charge in [0.2, 0.25) is 0 Å². The highest BCUT2D eigenvalue weighted by molar-refractivity contribution is 5.44. The van der Waals surface area contributed by atoms with Crippen LogP contribution in [0.25, 0.3) is 0 Å². The maximum absolute atomic E-state index is 10.4. The van der Waals surface area contributed by atoms with E-state index in [4.69, 9.17) is 9.47 Å². The minimum atomic E-state index is -0.469. The fourth-order valence-corrected chi connectivity index (χ4v) is 3.18. The summed E-state index contributed by atoms with van der Waals surface area (Å²) in [5, 5.41) is 10.4. The Balaban J connectivity index is 1.67. The maximum atomic E-state index is 10.4. The fraction of sp³-hybridized carbons (Fsp3) is 0.333. The first-order valence-corrected chi connectivity index (χ1v) is 7.41. The Hall–Kier alpha value is -2.00. The molecule has 4 rings (SSSR count). The van der Waals surface area contributed by atoms with Crippen molar-refractivity contribution in [1.82, 2.24) is 0 Å². The van der Waals surface area contributed by atoms with E-state index in [2.05, 4.69) is 6.07 Å². The minimum Gasteiger partial charge on any atom is -0.493 e. The number of aryl methyl sites for hydroxylation is 1. The van der Waals surface area contributed by atoms with Crippen LogP contribution in [-0.4, -0.2) is 11.7 Å². The number of fused-ring (bicyclic) bond motifs is 2. The van der Waals surface area contributed by atoms with Crippen molar-refractivity contribution in [1.29, 1.82) is 0 Å². The maximum Gasteiger partial charge on any atom is 0.127 e. The molecule has 0 saturated heterocycles. The molecule has 3 nitrogen and oxygen atoms in total. The van der Waals surface area contributed by atoms with E-state index in [1.807, 2.05) is 37.3 Å². The Morgan fingerprint density at radius 3 is 2.86 bits per heavy atom. The Morgan fingerprint density at radius 1 is 1.10 bits per heavy atom. The largest absolute Gasteiger partial charge is 0.493 e. The predicted octanol–water partition coefficient (Wildman–Crippen LogP) is 3.49.